The number of carbonyl (C=O) groups excluding carboxylic acids is 1. The average molecular weight is 514 g/mol. The molecule has 0 aliphatic carbocycles. The summed E-state index contributed by atoms with van der Waals surface area (Å²) < 4.78 is 3.09. The number of rotatable bonds is 5. The van der Waals surface area contributed by atoms with E-state index in [1.165, 1.54) is 29.3 Å². The van der Waals surface area contributed by atoms with Crippen molar-refractivity contribution in [3.63, 3.8) is 0 Å². The maximum Gasteiger partial charge on any atom is 0.233 e. The first-order chi connectivity index (χ1) is 15.3. The number of amides is 1. The van der Waals surface area contributed by atoms with E-state index in [1.54, 1.807) is 0 Å². The van der Waals surface area contributed by atoms with Gasteiger partial charge in [0.15, 0.2) is 11.0 Å². The number of hydrogen-bond acceptors (Lipinski definition) is 4. The van der Waals surface area contributed by atoms with Crippen molar-refractivity contribution in [2.75, 3.05) is 5.75 Å². The lowest BCUT2D eigenvalue weighted by Gasteiger charge is -2.39. The number of likely N-dealkylation sites (tertiary alicyclic amines) is 1. The fraction of sp³-hybridized carbons (Fsp3) is 0.400. The molecule has 2 heterocycles. The topological polar surface area (TPSA) is 51.0 Å². The second-order valence-corrected chi connectivity index (χ2v) is 10.6. The standard InChI is InChI=1S/C25H29BrN4OS/c1-16-12-17(2)14-22(13-16)30-24(20-8-10-21(26)11-9-20)27-28-25(30)32-15-23(31)29-18(3)6-5-7-19(29)4/h8-14,18-19H,5-7,15H2,1-4H3/t18-,19+. The summed E-state index contributed by atoms with van der Waals surface area (Å²) in [5, 5.41) is 9.76. The van der Waals surface area contributed by atoms with Gasteiger partial charge in [0.25, 0.3) is 0 Å². The van der Waals surface area contributed by atoms with Gasteiger partial charge in [-0.2, -0.15) is 0 Å². The fourth-order valence-corrected chi connectivity index (χ4v) is 5.66. The maximum atomic E-state index is 13.1. The van der Waals surface area contributed by atoms with Gasteiger partial charge in [-0.3, -0.25) is 9.36 Å². The normalized spacial score (nSPS) is 18.7. The molecule has 4 rings (SSSR count). The Morgan fingerprint density at radius 2 is 1.66 bits per heavy atom. The summed E-state index contributed by atoms with van der Waals surface area (Å²) in [5.74, 6) is 1.31. The van der Waals surface area contributed by atoms with Crippen LogP contribution >= 0.6 is 27.7 Å². The van der Waals surface area contributed by atoms with E-state index in [2.05, 4.69) is 81.5 Å². The molecular weight excluding hydrogens is 484 g/mol. The summed E-state index contributed by atoms with van der Waals surface area (Å²) >= 11 is 4.97. The molecule has 0 radical (unpaired) electrons. The lowest BCUT2D eigenvalue weighted by Crippen LogP contribution is -2.48. The summed E-state index contributed by atoms with van der Waals surface area (Å²) in [4.78, 5) is 15.2. The van der Waals surface area contributed by atoms with Gasteiger partial charge in [0, 0.05) is 22.1 Å². The van der Waals surface area contributed by atoms with Crippen LogP contribution in [0.5, 0.6) is 0 Å². The smallest absolute Gasteiger partial charge is 0.233 e. The van der Waals surface area contributed by atoms with Gasteiger partial charge < -0.3 is 4.90 Å². The Bertz CT molecular complexity index is 1080. The highest BCUT2D eigenvalue weighted by molar-refractivity contribution is 9.10. The Balaban J connectivity index is 1.67. The first-order valence-electron chi connectivity index (χ1n) is 11.1. The minimum absolute atomic E-state index is 0.176. The van der Waals surface area contributed by atoms with Crippen molar-refractivity contribution in [3.05, 3.63) is 58.1 Å². The molecule has 7 heteroatoms. The number of halogens is 1. The van der Waals surface area contributed by atoms with Crippen LogP contribution in [0.25, 0.3) is 17.1 Å². The molecule has 0 N–H and O–H groups in total. The Morgan fingerprint density at radius 3 is 2.28 bits per heavy atom. The van der Waals surface area contributed by atoms with Crippen LogP contribution in [0.2, 0.25) is 0 Å². The molecule has 168 valence electrons. The van der Waals surface area contributed by atoms with Crippen molar-refractivity contribution in [2.45, 2.75) is 64.2 Å². The van der Waals surface area contributed by atoms with E-state index in [-0.39, 0.29) is 5.91 Å². The quantitative estimate of drug-likeness (QED) is 0.382. The summed E-state index contributed by atoms with van der Waals surface area (Å²) in [5.41, 5.74) is 4.35. The molecule has 1 amide bonds. The monoisotopic (exact) mass is 512 g/mol. The molecular formula is C25H29BrN4OS. The van der Waals surface area contributed by atoms with E-state index < -0.39 is 0 Å². The number of carbonyl (C=O) groups is 1. The van der Waals surface area contributed by atoms with E-state index in [0.29, 0.717) is 17.8 Å². The highest BCUT2D eigenvalue weighted by atomic mass is 79.9. The zero-order chi connectivity index (χ0) is 22.8. The summed E-state index contributed by atoms with van der Waals surface area (Å²) in [7, 11) is 0. The number of nitrogens with zero attached hydrogens (tertiary/aromatic N) is 4. The second-order valence-electron chi connectivity index (χ2n) is 8.71. The van der Waals surface area contributed by atoms with Crippen LogP contribution in [0.1, 0.15) is 44.2 Å². The van der Waals surface area contributed by atoms with Crippen LogP contribution < -0.4 is 0 Å². The molecule has 2 atom stereocenters. The number of aryl methyl sites for hydroxylation is 2. The third kappa shape index (κ3) is 4.94. The molecule has 1 aliphatic heterocycles. The Labute approximate surface area is 202 Å². The van der Waals surface area contributed by atoms with Crippen molar-refractivity contribution in [3.8, 4) is 17.1 Å². The van der Waals surface area contributed by atoms with Crippen molar-refractivity contribution in [2.24, 2.45) is 0 Å². The summed E-state index contributed by atoms with van der Waals surface area (Å²) in [6, 6.07) is 15.1. The zero-order valence-electron chi connectivity index (χ0n) is 19.0. The van der Waals surface area contributed by atoms with Gasteiger partial charge in [0.1, 0.15) is 0 Å². The third-order valence-electron chi connectivity index (χ3n) is 6.01. The van der Waals surface area contributed by atoms with Crippen molar-refractivity contribution in [1.29, 1.82) is 0 Å². The minimum Gasteiger partial charge on any atom is -0.337 e. The zero-order valence-corrected chi connectivity index (χ0v) is 21.4. The largest absolute Gasteiger partial charge is 0.337 e. The number of benzene rings is 2. The van der Waals surface area contributed by atoms with Crippen LogP contribution in [0, 0.1) is 13.8 Å². The molecule has 0 bridgehead atoms. The molecule has 32 heavy (non-hydrogen) atoms. The summed E-state index contributed by atoms with van der Waals surface area (Å²) in [6.07, 6.45) is 3.34. The number of hydrogen-bond donors (Lipinski definition) is 0. The second kappa shape index (κ2) is 9.79. The van der Waals surface area contributed by atoms with Gasteiger partial charge in [0.05, 0.1) is 11.4 Å². The van der Waals surface area contributed by atoms with E-state index in [4.69, 9.17) is 0 Å². The van der Waals surface area contributed by atoms with Gasteiger partial charge in [-0.05, 0) is 82.3 Å². The van der Waals surface area contributed by atoms with E-state index in [0.717, 1.165) is 39.5 Å². The van der Waals surface area contributed by atoms with Crippen LogP contribution in [-0.2, 0) is 4.79 Å². The minimum atomic E-state index is 0.176. The molecule has 1 aliphatic rings. The Morgan fingerprint density at radius 1 is 1.03 bits per heavy atom. The Hall–Kier alpha value is -2.12. The lowest BCUT2D eigenvalue weighted by atomic mass is 9.98. The number of thioether (sulfide) groups is 1. The predicted octanol–water partition coefficient (Wildman–Crippen LogP) is 6.20. The molecule has 0 spiro atoms. The highest BCUT2D eigenvalue weighted by Crippen LogP contribution is 2.31. The molecule has 0 unspecified atom stereocenters. The van der Waals surface area contributed by atoms with Crippen molar-refractivity contribution in [1.82, 2.24) is 19.7 Å². The van der Waals surface area contributed by atoms with Crippen LogP contribution in [-0.4, -0.2) is 43.4 Å². The van der Waals surface area contributed by atoms with Gasteiger partial charge in [0.2, 0.25) is 5.91 Å². The predicted molar refractivity (Wildman–Crippen MR) is 134 cm³/mol. The van der Waals surface area contributed by atoms with E-state index >= 15 is 0 Å². The molecule has 0 saturated carbocycles. The molecule has 2 aromatic carbocycles. The van der Waals surface area contributed by atoms with Crippen LogP contribution in [0.4, 0.5) is 0 Å². The first-order valence-corrected chi connectivity index (χ1v) is 12.9. The average Bonchev–Trinajstić information content (AvgIpc) is 3.16. The molecule has 1 saturated heterocycles. The van der Waals surface area contributed by atoms with E-state index in [9.17, 15) is 4.79 Å². The van der Waals surface area contributed by atoms with Gasteiger partial charge in [-0.1, -0.05) is 45.9 Å². The highest BCUT2D eigenvalue weighted by Gasteiger charge is 2.29. The molecule has 1 fully saturated rings. The number of aromatic nitrogens is 3. The van der Waals surface area contributed by atoms with Crippen LogP contribution in [0.3, 0.4) is 0 Å². The van der Waals surface area contributed by atoms with Gasteiger partial charge in [-0.25, -0.2) is 0 Å². The fourth-order valence-electron chi connectivity index (χ4n) is 4.58. The summed E-state index contributed by atoms with van der Waals surface area (Å²) in [6.45, 7) is 8.50. The lowest BCUT2D eigenvalue weighted by molar-refractivity contribution is -0.134. The first kappa shape index (κ1) is 23.1. The maximum absolute atomic E-state index is 13.1. The van der Waals surface area contributed by atoms with Crippen LogP contribution in [0.15, 0.2) is 52.1 Å². The molecule has 5 nitrogen and oxygen atoms in total. The Kier molecular flexibility index (Phi) is 7.05. The SMILES string of the molecule is Cc1cc(C)cc(-n2c(SCC(=O)N3[C@H](C)CCC[C@@H]3C)nnc2-c2ccc(Br)cc2)c1. The number of piperidine rings is 1. The van der Waals surface area contributed by atoms with Gasteiger partial charge >= 0.3 is 0 Å². The van der Waals surface area contributed by atoms with Gasteiger partial charge in [-0.15, -0.1) is 10.2 Å². The third-order valence-corrected chi connectivity index (χ3v) is 7.45. The van der Waals surface area contributed by atoms with E-state index in [1.807, 2.05) is 24.3 Å². The van der Waals surface area contributed by atoms with Crippen molar-refractivity contribution < 1.29 is 4.79 Å². The van der Waals surface area contributed by atoms with Crippen molar-refractivity contribution >= 4 is 33.6 Å². The molecule has 3 aromatic rings. The molecule has 1 aromatic heterocycles.